The molecule has 0 saturated carbocycles. The number of nitrogens with zero attached hydrogens (tertiary/aromatic N) is 1. The summed E-state index contributed by atoms with van der Waals surface area (Å²) < 4.78 is 13.0. The molecule has 4 aromatic rings. The molecule has 0 N–H and O–H groups in total. The van der Waals surface area contributed by atoms with Gasteiger partial charge in [-0.15, -0.1) is 22.7 Å². The summed E-state index contributed by atoms with van der Waals surface area (Å²) in [4.78, 5) is 14.6. The van der Waals surface area contributed by atoms with Gasteiger partial charge in [0.2, 0.25) is 0 Å². The van der Waals surface area contributed by atoms with E-state index in [0.29, 0.717) is 23.0 Å². The topological polar surface area (TPSA) is 59.3 Å². The summed E-state index contributed by atoms with van der Waals surface area (Å²) in [6.45, 7) is 5.74. The minimum Gasteiger partial charge on any atom is -0.492 e. The van der Waals surface area contributed by atoms with Crippen molar-refractivity contribution >= 4 is 64.0 Å². The van der Waals surface area contributed by atoms with Gasteiger partial charge in [0.05, 0.1) is 18.1 Å². The van der Waals surface area contributed by atoms with Gasteiger partial charge in [0.25, 0.3) is 0 Å². The van der Waals surface area contributed by atoms with Gasteiger partial charge in [-0.3, -0.25) is 4.79 Å². The van der Waals surface area contributed by atoms with E-state index in [1.54, 1.807) is 0 Å². The van der Waals surface area contributed by atoms with Crippen molar-refractivity contribution in [1.82, 2.24) is 0 Å². The Balaban J connectivity index is 1.72. The third kappa shape index (κ3) is 8.67. The average Bonchev–Trinajstić information content (AvgIpc) is 3.68. The molecule has 0 spiro atoms. The molecule has 0 radical (unpaired) electrons. The predicted molar refractivity (Wildman–Crippen MR) is 180 cm³/mol. The second-order valence-electron chi connectivity index (χ2n) is 10.2. The first-order valence-corrected chi connectivity index (χ1v) is 16.6. The molecular weight excluding hydrogens is 559 g/mol. The van der Waals surface area contributed by atoms with Gasteiger partial charge in [0, 0.05) is 31.7 Å². The van der Waals surface area contributed by atoms with Crippen molar-refractivity contribution in [3.8, 4) is 17.6 Å². The van der Waals surface area contributed by atoms with Crippen LogP contribution in [0.3, 0.4) is 0 Å². The Morgan fingerprint density at radius 1 is 0.643 bits per heavy atom. The van der Waals surface area contributed by atoms with Crippen molar-refractivity contribution in [3.63, 3.8) is 0 Å². The maximum Gasteiger partial charge on any atom is 0.160 e. The number of rotatable bonds is 17. The Morgan fingerprint density at radius 3 is 1.64 bits per heavy atom. The van der Waals surface area contributed by atoms with Crippen LogP contribution in [0.1, 0.15) is 101 Å². The standard InChI is InChI=1S/C36H39NO3S2/c1-3-5-7-9-23-39-35-27(11-15-29-17-19-31(25-37)41-29)13-21-34-33(35)22-14-28(36(34)40-24-10-8-6-4-2)12-16-30-18-20-32(26-38)42-30/h11-22,26H,3-10,23-24H2,1-2H3/b15-11+,16-12+. The van der Waals surface area contributed by atoms with Crippen molar-refractivity contribution in [3.05, 3.63) is 79.2 Å². The van der Waals surface area contributed by atoms with E-state index in [-0.39, 0.29) is 0 Å². The summed E-state index contributed by atoms with van der Waals surface area (Å²) in [5, 5.41) is 11.3. The summed E-state index contributed by atoms with van der Waals surface area (Å²) in [6.07, 6.45) is 18.2. The SMILES string of the molecule is CCCCCCOc1c(/C=C/c2ccc(C#N)s2)ccc2c(OCCCCCC)c(/C=C/c3ccc(C=O)s3)ccc12. The number of ether oxygens (including phenoxy) is 2. The average molecular weight is 598 g/mol. The fourth-order valence-corrected chi connectivity index (χ4v) is 6.18. The third-order valence-electron chi connectivity index (χ3n) is 7.01. The Labute approximate surface area is 257 Å². The molecule has 4 rings (SSSR count). The van der Waals surface area contributed by atoms with E-state index < -0.39 is 0 Å². The molecule has 6 heteroatoms. The minimum atomic E-state index is 0.655. The fourth-order valence-electron chi connectivity index (χ4n) is 4.74. The monoisotopic (exact) mass is 597 g/mol. The summed E-state index contributed by atoms with van der Waals surface area (Å²) in [7, 11) is 0. The normalized spacial score (nSPS) is 11.5. The summed E-state index contributed by atoms with van der Waals surface area (Å²) in [5.74, 6) is 1.72. The smallest absolute Gasteiger partial charge is 0.160 e. The van der Waals surface area contributed by atoms with Gasteiger partial charge in [-0.25, -0.2) is 0 Å². The predicted octanol–water partition coefficient (Wildman–Crippen LogP) is 10.9. The molecule has 0 saturated heterocycles. The van der Waals surface area contributed by atoms with E-state index in [2.05, 4.69) is 56.3 Å². The van der Waals surface area contributed by atoms with Crippen LogP contribution in [0.15, 0.2) is 48.5 Å². The van der Waals surface area contributed by atoms with Gasteiger partial charge in [-0.05, 0) is 73.5 Å². The maximum atomic E-state index is 11.2. The van der Waals surface area contributed by atoms with Gasteiger partial charge in [0.1, 0.15) is 22.4 Å². The van der Waals surface area contributed by atoms with Gasteiger partial charge in [-0.1, -0.05) is 64.5 Å². The first-order valence-electron chi connectivity index (χ1n) is 14.9. The van der Waals surface area contributed by atoms with Crippen LogP contribution < -0.4 is 9.47 Å². The second kappa shape index (κ2) is 16.7. The molecule has 2 aromatic heterocycles. The van der Waals surface area contributed by atoms with Gasteiger partial charge < -0.3 is 9.47 Å². The zero-order valence-electron chi connectivity index (χ0n) is 24.6. The molecule has 0 aliphatic heterocycles. The summed E-state index contributed by atoms with van der Waals surface area (Å²) >= 11 is 2.95. The largest absolute Gasteiger partial charge is 0.492 e. The highest BCUT2D eigenvalue weighted by atomic mass is 32.1. The van der Waals surface area contributed by atoms with E-state index in [1.165, 1.54) is 48.4 Å². The van der Waals surface area contributed by atoms with Crippen molar-refractivity contribution in [1.29, 1.82) is 5.26 Å². The van der Waals surface area contributed by atoms with Crippen LogP contribution in [0.4, 0.5) is 0 Å². The molecule has 0 aliphatic rings. The lowest BCUT2D eigenvalue weighted by Crippen LogP contribution is -2.02. The zero-order valence-corrected chi connectivity index (χ0v) is 26.2. The number of benzene rings is 2. The van der Waals surface area contributed by atoms with Crippen molar-refractivity contribution in [2.45, 2.75) is 65.2 Å². The molecule has 2 aromatic carbocycles. The minimum absolute atomic E-state index is 0.655. The van der Waals surface area contributed by atoms with E-state index >= 15 is 0 Å². The number of nitriles is 1. The zero-order chi connectivity index (χ0) is 29.6. The van der Waals surface area contributed by atoms with Crippen LogP contribution in [0.5, 0.6) is 11.5 Å². The van der Waals surface area contributed by atoms with E-state index in [0.717, 1.165) is 75.1 Å². The van der Waals surface area contributed by atoms with Crippen molar-refractivity contribution in [2.75, 3.05) is 13.2 Å². The fraction of sp³-hybridized carbons (Fsp3) is 0.333. The maximum absolute atomic E-state index is 11.2. The highest BCUT2D eigenvalue weighted by Crippen LogP contribution is 2.39. The first-order chi connectivity index (χ1) is 20.7. The van der Waals surface area contributed by atoms with Crippen LogP contribution in [-0.4, -0.2) is 19.5 Å². The summed E-state index contributed by atoms with van der Waals surface area (Å²) in [5.41, 5.74) is 2.00. The number of fused-ring (bicyclic) bond motifs is 1. The quantitative estimate of drug-likeness (QED) is 0.0897. The lowest BCUT2D eigenvalue weighted by molar-refractivity contribution is 0.112. The van der Waals surface area contributed by atoms with Gasteiger partial charge in [0.15, 0.2) is 6.29 Å². The third-order valence-corrected chi connectivity index (χ3v) is 8.94. The van der Waals surface area contributed by atoms with E-state index in [4.69, 9.17) is 9.47 Å². The number of hydrogen-bond donors (Lipinski definition) is 0. The number of thiophene rings is 2. The second-order valence-corrected chi connectivity index (χ2v) is 12.5. The Morgan fingerprint density at radius 2 is 1.17 bits per heavy atom. The van der Waals surface area contributed by atoms with E-state index in [9.17, 15) is 10.1 Å². The lowest BCUT2D eigenvalue weighted by Gasteiger charge is -2.17. The van der Waals surface area contributed by atoms with Crippen LogP contribution in [0.25, 0.3) is 35.1 Å². The number of carbonyl (C=O) groups excluding carboxylic acids is 1. The highest BCUT2D eigenvalue weighted by molar-refractivity contribution is 7.14. The Bertz CT molecular complexity index is 1550. The van der Waals surface area contributed by atoms with Crippen LogP contribution in [-0.2, 0) is 0 Å². The van der Waals surface area contributed by atoms with Crippen LogP contribution in [0, 0.1) is 11.3 Å². The molecule has 0 unspecified atom stereocenters. The number of aldehydes is 1. The van der Waals surface area contributed by atoms with Gasteiger partial charge in [-0.2, -0.15) is 5.26 Å². The molecule has 0 amide bonds. The van der Waals surface area contributed by atoms with Gasteiger partial charge >= 0.3 is 0 Å². The lowest BCUT2D eigenvalue weighted by atomic mass is 10.0. The molecule has 42 heavy (non-hydrogen) atoms. The van der Waals surface area contributed by atoms with Crippen LogP contribution in [0.2, 0.25) is 0 Å². The molecule has 0 fully saturated rings. The molecule has 0 bridgehead atoms. The molecule has 218 valence electrons. The molecule has 4 nitrogen and oxygen atoms in total. The molecule has 0 aliphatic carbocycles. The molecule has 2 heterocycles. The Hall–Kier alpha value is -3.66. The summed E-state index contributed by atoms with van der Waals surface area (Å²) in [6, 6.07) is 18.3. The number of hydrogen-bond acceptors (Lipinski definition) is 6. The Kier molecular flexibility index (Phi) is 12.4. The number of unbranched alkanes of at least 4 members (excludes halogenated alkanes) is 6. The highest BCUT2D eigenvalue weighted by Gasteiger charge is 2.15. The molecule has 0 atom stereocenters. The van der Waals surface area contributed by atoms with Crippen LogP contribution >= 0.6 is 22.7 Å². The first kappa shape index (κ1) is 31.3. The van der Waals surface area contributed by atoms with Crippen molar-refractivity contribution < 1.29 is 14.3 Å². The van der Waals surface area contributed by atoms with Crippen molar-refractivity contribution in [2.24, 2.45) is 0 Å². The molecular formula is C36H39NO3S2. The number of carbonyl (C=O) groups is 1. The van der Waals surface area contributed by atoms with E-state index in [1.807, 2.05) is 36.4 Å².